The Hall–Kier alpha value is -1.68. The number of aromatic nitrogens is 3. The molecule has 0 spiro atoms. The summed E-state index contributed by atoms with van der Waals surface area (Å²) >= 11 is 0. The van der Waals surface area contributed by atoms with Crippen LogP contribution in [0, 0.1) is 6.92 Å². The molecule has 0 aliphatic carbocycles. The van der Waals surface area contributed by atoms with E-state index in [0.717, 1.165) is 24.5 Å². The fraction of sp³-hybridized carbons (Fsp3) is 0.467. The highest BCUT2D eigenvalue weighted by atomic mass is 15.3. The molecule has 4 nitrogen and oxygen atoms in total. The largest absolute Gasteiger partial charge is 0.317 e. The van der Waals surface area contributed by atoms with Crippen LogP contribution >= 0.6 is 0 Å². The third-order valence-corrected chi connectivity index (χ3v) is 3.95. The predicted octanol–water partition coefficient (Wildman–Crippen LogP) is 2.26. The van der Waals surface area contributed by atoms with E-state index in [1.165, 1.54) is 24.1 Å². The Morgan fingerprint density at radius 3 is 2.74 bits per heavy atom. The minimum Gasteiger partial charge on any atom is -0.317 e. The van der Waals surface area contributed by atoms with Gasteiger partial charge in [-0.2, -0.15) is 5.10 Å². The molecule has 1 saturated heterocycles. The number of hydrogen-bond donors (Lipinski definition) is 1. The Labute approximate surface area is 113 Å². The molecule has 100 valence electrons. The molecule has 0 bridgehead atoms. The minimum absolute atomic E-state index is 0.588. The van der Waals surface area contributed by atoms with E-state index in [0.29, 0.717) is 5.92 Å². The van der Waals surface area contributed by atoms with Crippen molar-refractivity contribution in [2.75, 3.05) is 13.1 Å². The number of hydrogen-bond acceptors (Lipinski definition) is 3. The van der Waals surface area contributed by atoms with Crippen LogP contribution in [0.1, 0.15) is 30.0 Å². The van der Waals surface area contributed by atoms with Gasteiger partial charge in [-0.1, -0.05) is 6.07 Å². The maximum absolute atomic E-state index is 4.76. The van der Waals surface area contributed by atoms with E-state index in [2.05, 4.69) is 23.3 Å². The lowest BCUT2D eigenvalue weighted by Gasteiger charge is -2.21. The summed E-state index contributed by atoms with van der Waals surface area (Å²) in [5, 5.41) is 8.17. The van der Waals surface area contributed by atoms with Gasteiger partial charge in [-0.15, -0.1) is 0 Å². The zero-order valence-corrected chi connectivity index (χ0v) is 11.6. The Morgan fingerprint density at radius 2 is 2.05 bits per heavy atom. The molecule has 0 saturated carbocycles. The summed E-state index contributed by atoms with van der Waals surface area (Å²) in [5.74, 6) is 0.588. The molecule has 1 aliphatic heterocycles. The molecule has 1 fully saturated rings. The van der Waals surface area contributed by atoms with E-state index in [1.54, 1.807) is 0 Å². The molecule has 2 aromatic rings. The van der Waals surface area contributed by atoms with Crippen molar-refractivity contribution in [1.82, 2.24) is 20.1 Å². The van der Waals surface area contributed by atoms with Crippen molar-refractivity contribution in [3.05, 3.63) is 35.7 Å². The van der Waals surface area contributed by atoms with Crippen LogP contribution < -0.4 is 5.32 Å². The van der Waals surface area contributed by atoms with E-state index in [9.17, 15) is 0 Å². The number of rotatable bonds is 2. The van der Waals surface area contributed by atoms with Crippen molar-refractivity contribution in [2.45, 2.75) is 25.7 Å². The fourth-order valence-electron chi connectivity index (χ4n) is 2.99. The van der Waals surface area contributed by atoms with Crippen LogP contribution in [-0.4, -0.2) is 27.9 Å². The van der Waals surface area contributed by atoms with E-state index in [-0.39, 0.29) is 0 Å². The Bertz CT molecular complexity index is 553. The second kappa shape index (κ2) is 5.13. The third kappa shape index (κ3) is 2.28. The third-order valence-electron chi connectivity index (χ3n) is 3.95. The number of pyridine rings is 1. The molecule has 19 heavy (non-hydrogen) atoms. The molecular formula is C15H20N4. The first-order valence-electron chi connectivity index (χ1n) is 6.93. The lowest BCUT2D eigenvalue weighted by Crippen LogP contribution is -2.27. The van der Waals surface area contributed by atoms with Gasteiger partial charge in [0.2, 0.25) is 0 Å². The molecular weight excluding hydrogens is 236 g/mol. The summed E-state index contributed by atoms with van der Waals surface area (Å²) < 4.78 is 1.98. The molecule has 1 aliphatic rings. The quantitative estimate of drug-likeness (QED) is 0.896. The molecule has 0 unspecified atom stereocenters. The SMILES string of the molecule is Cc1c(C2CCNCC2)nn(C)c1-c1ccccn1. The second-order valence-electron chi connectivity index (χ2n) is 5.22. The average molecular weight is 256 g/mol. The molecule has 0 amide bonds. The van der Waals surface area contributed by atoms with Crippen LogP contribution in [0.4, 0.5) is 0 Å². The predicted molar refractivity (Wildman–Crippen MR) is 76.0 cm³/mol. The Balaban J connectivity index is 2.00. The summed E-state index contributed by atoms with van der Waals surface area (Å²) in [6.45, 7) is 4.37. The zero-order chi connectivity index (χ0) is 13.2. The highest BCUT2D eigenvalue weighted by Gasteiger charge is 2.23. The van der Waals surface area contributed by atoms with Gasteiger partial charge in [0.25, 0.3) is 0 Å². The van der Waals surface area contributed by atoms with Gasteiger partial charge in [0, 0.05) is 24.7 Å². The van der Waals surface area contributed by atoms with Crippen LogP contribution in [-0.2, 0) is 7.05 Å². The molecule has 4 heteroatoms. The number of nitrogens with one attached hydrogen (secondary N) is 1. The number of aryl methyl sites for hydroxylation is 1. The normalized spacial score (nSPS) is 16.7. The van der Waals surface area contributed by atoms with Crippen LogP contribution in [0.25, 0.3) is 11.4 Å². The summed E-state index contributed by atoms with van der Waals surface area (Å²) in [7, 11) is 2.02. The van der Waals surface area contributed by atoms with Crippen molar-refractivity contribution in [3.63, 3.8) is 0 Å². The molecule has 3 rings (SSSR count). The van der Waals surface area contributed by atoms with E-state index in [1.807, 2.05) is 30.1 Å². The van der Waals surface area contributed by atoms with Gasteiger partial charge in [-0.25, -0.2) is 0 Å². The van der Waals surface area contributed by atoms with Gasteiger partial charge in [0.15, 0.2) is 0 Å². The maximum atomic E-state index is 4.76. The second-order valence-corrected chi connectivity index (χ2v) is 5.22. The van der Waals surface area contributed by atoms with Gasteiger partial charge in [-0.05, 0) is 45.0 Å². The van der Waals surface area contributed by atoms with Crippen LogP contribution in [0.5, 0.6) is 0 Å². The standard InChI is InChI=1S/C15H20N4/c1-11-14(12-6-9-16-10-7-12)18-19(2)15(11)13-5-3-4-8-17-13/h3-5,8,12,16H,6-7,9-10H2,1-2H3. The van der Waals surface area contributed by atoms with Crippen molar-refractivity contribution >= 4 is 0 Å². The van der Waals surface area contributed by atoms with Crippen LogP contribution in [0.3, 0.4) is 0 Å². The van der Waals surface area contributed by atoms with E-state index in [4.69, 9.17) is 5.10 Å². The van der Waals surface area contributed by atoms with E-state index < -0.39 is 0 Å². The Kier molecular flexibility index (Phi) is 3.34. The van der Waals surface area contributed by atoms with E-state index >= 15 is 0 Å². The highest BCUT2D eigenvalue weighted by Crippen LogP contribution is 2.31. The van der Waals surface area contributed by atoms with Crippen molar-refractivity contribution in [1.29, 1.82) is 0 Å². The smallest absolute Gasteiger partial charge is 0.0895 e. The molecule has 0 atom stereocenters. The van der Waals surface area contributed by atoms with Gasteiger partial charge >= 0.3 is 0 Å². The van der Waals surface area contributed by atoms with Crippen molar-refractivity contribution in [3.8, 4) is 11.4 Å². The lowest BCUT2D eigenvalue weighted by atomic mass is 9.92. The topological polar surface area (TPSA) is 42.7 Å². The van der Waals surface area contributed by atoms with Gasteiger partial charge < -0.3 is 5.32 Å². The number of piperidine rings is 1. The zero-order valence-electron chi connectivity index (χ0n) is 11.6. The summed E-state index contributed by atoms with van der Waals surface area (Å²) in [6.07, 6.45) is 4.20. The first kappa shape index (κ1) is 12.4. The minimum atomic E-state index is 0.588. The van der Waals surface area contributed by atoms with Gasteiger partial charge in [0.1, 0.15) is 0 Å². The lowest BCUT2D eigenvalue weighted by molar-refractivity contribution is 0.449. The molecule has 1 N–H and O–H groups in total. The van der Waals surface area contributed by atoms with Crippen molar-refractivity contribution < 1.29 is 0 Å². The first-order chi connectivity index (χ1) is 9.27. The first-order valence-corrected chi connectivity index (χ1v) is 6.93. The van der Waals surface area contributed by atoms with Gasteiger partial charge in [-0.3, -0.25) is 9.67 Å². The highest BCUT2D eigenvalue weighted by molar-refractivity contribution is 5.60. The molecule has 2 aromatic heterocycles. The maximum Gasteiger partial charge on any atom is 0.0895 e. The van der Waals surface area contributed by atoms with Gasteiger partial charge in [0.05, 0.1) is 17.1 Å². The van der Waals surface area contributed by atoms with Crippen LogP contribution in [0.15, 0.2) is 24.4 Å². The van der Waals surface area contributed by atoms with Crippen molar-refractivity contribution in [2.24, 2.45) is 7.05 Å². The molecule has 0 radical (unpaired) electrons. The summed E-state index contributed by atoms with van der Waals surface area (Å²) in [5.41, 5.74) is 4.70. The molecule has 3 heterocycles. The number of nitrogens with zero attached hydrogens (tertiary/aromatic N) is 3. The monoisotopic (exact) mass is 256 g/mol. The summed E-state index contributed by atoms with van der Waals surface area (Å²) in [6, 6.07) is 6.03. The summed E-state index contributed by atoms with van der Waals surface area (Å²) in [4.78, 5) is 4.46. The van der Waals surface area contributed by atoms with Crippen LogP contribution in [0.2, 0.25) is 0 Å². The fourth-order valence-corrected chi connectivity index (χ4v) is 2.99. The molecule has 0 aromatic carbocycles. The Morgan fingerprint density at radius 1 is 1.26 bits per heavy atom. The average Bonchev–Trinajstić information content (AvgIpc) is 2.76.